The number of hydrogen-bond donors (Lipinski definition) is 1. The van der Waals surface area contributed by atoms with E-state index in [0.29, 0.717) is 0 Å². The number of furan rings is 1. The lowest BCUT2D eigenvalue weighted by molar-refractivity contribution is 0.669. The lowest BCUT2D eigenvalue weighted by atomic mass is 10.0. The van der Waals surface area contributed by atoms with E-state index >= 15 is 0 Å². The van der Waals surface area contributed by atoms with Crippen LogP contribution in [-0.2, 0) is 6.42 Å². The van der Waals surface area contributed by atoms with Crippen molar-refractivity contribution in [2.24, 2.45) is 0 Å². The molecule has 0 bridgehead atoms. The fourth-order valence-electron chi connectivity index (χ4n) is 2.80. The van der Waals surface area contributed by atoms with Crippen molar-refractivity contribution >= 4 is 38.4 Å². The second-order valence-corrected chi connectivity index (χ2v) is 5.24. The molecule has 20 heavy (non-hydrogen) atoms. The molecule has 0 aliphatic carbocycles. The Morgan fingerprint density at radius 2 is 1.70 bits per heavy atom. The van der Waals surface area contributed by atoms with Crippen molar-refractivity contribution in [1.82, 2.24) is 0 Å². The van der Waals surface area contributed by atoms with E-state index in [-0.39, 0.29) is 0 Å². The molecule has 0 aliphatic rings. The molecule has 0 saturated carbocycles. The van der Waals surface area contributed by atoms with E-state index in [0.717, 1.165) is 28.7 Å². The quantitative estimate of drug-likeness (QED) is 0.496. The van der Waals surface area contributed by atoms with Crippen molar-refractivity contribution in [3.05, 3.63) is 54.1 Å². The van der Waals surface area contributed by atoms with Gasteiger partial charge in [0.15, 0.2) is 0 Å². The van der Waals surface area contributed by atoms with Crippen LogP contribution in [0.2, 0.25) is 0 Å². The van der Waals surface area contributed by atoms with Crippen molar-refractivity contribution in [2.75, 3.05) is 5.73 Å². The first kappa shape index (κ1) is 11.4. The van der Waals surface area contributed by atoms with E-state index in [2.05, 4.69) is 43.3 Å². The maximum atomic E-state index is 6.00. The van der Waals surface area contributed by atoms with E-state index in [1.165, 1.54) is 21.7 Å². The Balaban J connectivity index is 2.12. The third-order valence-electron chi connectivity index (χ3n) is 3.93. The SMILES string of the molecule is CCc1ccc2c(c1)oc1cc3cc(N)ccc3cc12. The molecule has 0 atom stereocenters. The first-order chi connectivity index (χ1) is 9.74. The molecule has 4 rings (SSSR count). The molecule has 0 amide bonds. The van der Waals surface area contributed by atoms with E-state index < -0.39 is 0 Å². The van der Waals surface area contributed by atoms with Gasteiger partial charge >= 0.3 is 0 Å². The molecule has 3 aromatic carbocycles. The molecule has 98 valence electrons. The number of anilines is 1. The molecule has 0 aliphatic heterocycles. The average molecular weight is 261 g/mol. The highest BCUT2D eigenvalue weighted by molar-refractivity contribution is 6.10. The van der Waals surface area contributed by atoms with Crippen molar-refractivity contribution < 1.29 is 4.42 Å². The summed E-state index contributed by atoms with van der Waals surface area (Å²) < 4.78 is 6.00. The number of benzene rings is 3. The molecule has 2 N–H and O–H groups in total. The molecular formula is C18H15NO. The third-order valence-corrected chi connectivity index (χ3v) is 3.93. The molecule has 0 spiro atoms. The van der Waals surface area contributed by atoms with Gasteiger partial charge in [0.1, 0.15) is 11.2 Å². The predicted molar refractivity (Wildman–Crippen MR) is 85.0 cm³/mol. The minimum absolute atomic E-state index is 0.779. The van der Waals surface area contributed by atoms with Gasteiger partial charge in [0.2, 0.25) is 0 Å². The van der Waals surface area contributed by atoms with Gasteiger partial charge in [-0.05, 0) is 53.1 Å². The molecule has 0 radical (unpaired) electrons. The second kappa shape index (κ2) is 4.01. The summed E-state index contributed by atoms with van der Waals surface area (Å²) in [6, 6.07) is 16.7. The standard InChI is InChI=1S/C18H15NO/c1-2-11-3-6-15-16-9-12-4-5-14(19)8-13(12)10-18(16)20-17(15)7-11/h3-10H,2,19H2,1H3. The fourth-order valence-corrected chi connectivity index (χ4v) is 2.80. The zero-order valence-corrected chi connectivity index (χ0v) is 11.3. The highest BCUT2D eigenvalue weighted by atomic mass is 16.3. The Morgan fingerprint density at radius 1 is 0.850 bits per heavy atom. The van der Waals surface area contributed by atoms with Crippen molar-refractivity contribution in [3.63, 3.8) is 0 Å². The van der Waals surface area contributed by atoms with Gasteiger partial charge in [0, 0.05) is 16.5 Å². The Morgan fingerprint density at radius 3 is 2.55 bits per heavy atom. The minimum Gasteiger partial charge on any atom is -0.456 e. The molecule has 0 fully saturated rings. The molecule has 2 nitrogen and oxygen atoms in total. The van der Waals surface area contributed by atoms with Crippen LogP contribution in [0.5, 0.6) is 0 Å². The first-order valence-corrected chi connectivity index (χ1v) is 6.89. The van der Waals surface area contributed by atoms with Crippen LogP contribution in [0.25, 0.3) is 32.7 Å². The molecule has 0 unspecified atom stereocenters. The Bertz CT molecular complexity index is 950. The predicted octanol–water partition coefficient (Wildman–Crippen LogP) is 4.88. The van der Waals surface area contributed by atoms with E-state index in [1.54, 1.807) is 0 Å². The molecular weight excluding hydrogens is 246 g/mol. The van der Waals surface area contributed by atoms with E-state index in [4.69, 9.17) is 10.2 Å². The van der Waals surface area contributed by atoms with Crippen molar-refractivity contribution in [1.29, 1.82) is 0 Å². The third kappa shape index (κ3) is 1.58. The summed E-state index contributed by atoms with van der Waals surface area (Å²) in [5, 5.41) is 4.65. The Labute approximate surface area is 116 Å². The largest absolute Gasteiger partial charge is 0.456 e. The minimum atomic E-state index is 0.779. The zero-order chi connectivity index (χ0) is 13.7. The number of aryl methyl sites for hydroxylation is 1. The summed E-state index contributed by atoms with van der Waals surface area (Å²) in [5.41, 5.74) is 9.81. The molecule has 2 heteroatoms. The molecule has 4 aromatic rings. The van der Waals surface area contributed by atoms with Crippen LogP contribution in [-0.4, -0.2) is 0 Å². The molecule has 0 saturated heterocycles. The van der Waals surface area contributed by atoms with Crippen molar-refractivity contribution in [3.8, 4) is 0 Å². The number of hydrogen-bond acceptors (Lipinski definition) is 2. The number of nitrogen functional groups attached to an aromatic ring is 1. The van der Waals surface area contributed by atoms with Gasteiger partial charge < -0.3 is 10.2 Å². The molecule has 1 heterocycles. The topological polar surface area (TPSA) is 39.2 Å². The summed E-state index contributed by atoms with van der Waals surface area (Å²) in [6.45, 7) is 2.15. The number of nitrogens with two attached hydrogens (primary N) is 1. The summed E-state index contributed by atoms with van der Waals surface area (Å²) in [6.07, 6.45) is 1.02. The number of fused-ring (bicyclic) bond motifs is 4. The van der Waals surface area contributed by atoms with Crippen LogP contribution >= 0.6 is 0 Å². The second-order valence-electron chi connectivity index (χ2n) is 5.24. The Hall–Kier alpha value is -2.48. The summed E-state index contributed by atoms with van der Waals surface area (Å²) in [4.78, 5) is 0. The van der Waals surface area contributed by atoms with Gasteiger partial charge in [0.05, 0.1) is 0 Å². The zero-order valence-electron chi connectivity index (χ0n) is 11.3. The van der Waals surface area contributed by atoms with Crippen LogP contribution in [0.4, 0.5) is 5.69 Å². The smallest absolute Gasteiger partial charge is 0.136 e. The van der Waals surface area contributed by atoms with Crippen LogP contribution in [0.1, 0.15) is 12.5 Å². The summed E-state index contributed by atoms with van der Waals surface area (Å²) in [7, 11) is 0. The van der Waals surface area contributed by atoms with Crippen LogP contribution < -0.4 is 5.73 Å². The van der Waals surface area contributed by atoms with Gasteiger partial charge in [-0.3, -0.25) is 0 Å². The maximum Gasteiger partial charge on any atom is 0.136 e. The summed E-state index contributed by atoms with van der Waals surface area (Å²) >= 11 is 0. The normalized spacial score (nSPS) is 11.7. The van der Waals surface area contributed by atoms with Crippen LogP contribution in [0.3, 0.4) is 0 Å². The monoisotopic (exact) mass is 261 g/mol. The van der Waals surface area contributed by atoms with Crippen LogP contribution in [0.15, 0.2) is 52.9 Å². The van der Waals surface area contributed by atoms with Gasteiger partial charge in [-0.15, -0.1) is 0 Å². The lowest BCUT2D eigenvalue weighted by Gasteiger charge is -1.99. The van der Waals surface area contributed by atoms with E-state index in [9.17, 15) is 0 Å². The fraction of sp³-hybridized carbons (Fsp3) is 0.111. The number of rotatable bonds is 1. The van der Waals surface area contributed by atoms with Crippen LogP contribution in [0, 0.1) is 0 Å². The first-order valence-electron chi connectivity index (χ1n) is 6.89. The van der Waals surface area contributed by atoms with Gasteiger partial charge in [-0.1, -0.05) is 25.1 Å². The van der Waals surface area contributed by atoms with E-state index in [1.807, 2.05) is 12.1 Å². The highest BCUT2D eigenvalue weighted by Gasteiger charge is 2.08. The van der Waals surface area contributed by atoms with Gasteiger partial charge in [-0.2, -0.15) is 0 Å². The van der Waals surface area contributed by atoms with Gasteiger partial charge in [0.25, 0.3) is 0 Å². The highest BCUT2D eigenvalue weighted by Crippen LogP contribution is 2.33. The average Bonchev–Trinajstić information content (AvgIpc) is 2.81. The van der Waals surface area contributed by atoms with Crippen molar-refractivity contribution in [2.45, 2.75) is 13.3 Å². The molecule has 1 aromatic heterocycles. The maximum absolute atomic E-state index is 6.00. The van der Waals surface area contributed by atoms with Gasteiger partial charge in [-0.25, -0.2) is 0 Å². The summed E-state index contributed by atoms with van der Waals surface area (Å²) in [5.74, 6) is 0. The lowest BCUT2D eigenvalue weighted by Crippen LogP contribution is -1.83. The Kier molecular flexibility index (Phi) is 2.27.